The average Bonchev–Trinajstić information content (AvgIpc) is 3.19. The number of amides is 1. The lowest BCUT2D eigenvalue weighted by Gasteiger charge is -2.03. The number of hydrogen-bond donors (Lipinski definition) is 1. The highest BCUT2D eigenvalue weighted by molar-refractivity contribution is 6.24. The Morgan fingerprint density at radius 1 is 1.00 bits per heavy atom. The van der Waals surface area contributed by atoms with E-state index in [1.807, 2.05) is 36.4 Å². The molecule has 1 aliphatic carbocycles. The lowest BCUT2D eigenvalue weighted by atomic mass is 10.1. The molecule has 0 saturated heterocycles. The molecule has 1 aliphatic rings. The number of hydrogen-bond acceptors (Lipinski definition) is 4. The molecule has 3 aromatic rings. The first-order valence-electron chi connectivity index (χ1n) is 7.21. The zero-order valence-electron chi connectivity index (χ0n) is 12.2. The maximum absolute atomic E-state index is 12.0. The largest absolute Gasteiger partial charge is 0.271 e. The predicted octanol–water partition coefficient (Wildman–Crippen LogP) is 1.83. The van der Waals surface area contributed by atoms with Crippen molar-refractivity contribution >= 4 is 11.6 Å². The van der Waals surface area contributed by atoms with E-state index in [1.165, 1.54) is 17.3 Å². The lowest BCUT2D eigenvalue weighted by Crippen LogP contribution is -2.24. The van der Waals surface area contributed by atoms with Crippen LogP contribution in [0.2, 0.25) is 0 Å². The minimum absolute atomic E-state index is 0.0834. The van der Waals surface area contributed by atoms with Crippen LogP contribution in [0.3, 0.4) is 0 Å². The third kappa shape index (κ3) is 2.40. The fraction of sp³-hybridized carbons (Fsp3) is 0.0588. The summed E-state index contributed by atoms with van der Waals surface area (Å²) in [7, 11) is 0. The van der Waals surface area contributed by atoms with Crippen molar-refractivity contribution in [3.8, 4) is 11.1 Å². The maximum atomic E-state index is 12.0. The summed E-state index contributed by atoms with van der Waals surface area (Å²) >= 11 is 0. The van der Waals surface area contributed by atoms with Crippen LogP contribution in [0.1, 0.15) is 11.1 Å². The van der Waals surface area contributed by atoms with Gasteiger partial charge >= 0.3 is 0 Å². The Kier molecular flexibility index (Phi) is 3.20. The second-order valence-corrected chi connectivity index (χ2v) is 5.18. The first-order chi connectivity index (χ1) is 11.3. The zero-order chi connectivity index (χ0) is 15.6. The summed E-state index contributed by atoms with van der Waals surface area (Å²) < 4.78 is 1.45. The molecule has 0 spiro atoms. The summed E-state index contributed by atoms with van der Waals surface area (Å²) in [5.74, 6) is -0.245. The molecule has 112 valence electrons. The minimum atomic E-state index is -0.245. The first kappa shape index (κ1) is 13.4. The molecule has 0 aliphatic heterocycles. The monoisotopic (exact) mass is 303 g/mol. The number of nitrogens with zero attached hydrogens (tertiary/aromatic N) is 4. The van der Waals surface area contributed by atoms with Crippen LogP contribution >= 0.6 is 0 Å². The second-order valence-electron chi connectivity index (χ2n) is 5.18. The molecular weight excluding hydrogens is 290 g/mol. The van der Waals surface area contributed by atoms with E-state index in [1.54, 1.807) is 0 Å². The van der Waals surface area contributed by atoms with Gasteiger partial charge in [0.25, 0.3) is 5.91 Å². The summed E-state index contributed by atoms with van der Waals surface area (Å²) in [5.41, 5.74) is 7.70. The van der Waals surface area contributed by atoms with Gasteiger partial charge in [0.05, 0.1) is 5.71 Å². The van der Waals surface area contributed by atoms with Gasteiger partial charge in [0.15, 0.2) is 0 Å². The van der Waals surface area contributed by atoms with Crippen molar-refractivity contribution in [2.24, 2.45) is 5.10 Å². The number of aromatic nitrogens is 3. The molecule has 0 fully saturated rings. The normalized spacial score (nSPS) is 11.7. The number of carbonyl (C=O) groups excluding carboxylic acids is 1. The highest BCUT2D eigenvalue weighted by atomic mass is 16.2. The highest BCUT2D eigenvalue weighted by Crippen LogP contribution is 2.36. The van der Waals surface area contributed by atoms with Gasteiger partial charge in [0.1, 0.15) is 19.2 Å². The highest BCUT2D eigenvalue weighted by Gasteiger charge is 2.24. The average molecular weight is 303 g/mol. The van der Waals surface area contributed by atoms with Crippen LogP contribution in [-0.2, 0) is 11.3 Å². The van der Waals surface area contributed by atoms with Gasteiger partial charge in [-0.15, -0.1) is 0 Å². The quantitative estimate of drug-likeness (QED) is 0.587. The van der Waals surface area contributed by atoms with Gasteiger partial charge < -0.3 is 0 Å². The first-order valence-corrected chi connectivity index (χ1v) is 7.21. The van der Waals surface area contributed by atoms with E-state index in [2.05, 4.69) is 32.7 Å². The molecule has 0 saturated carbocycles. The molecule has 6 nitrogen and oxygen atoms in total. The molecule has 1 heterocycles. The summed E-state index contributed by atoms with van der Waals surface area (Å²) in [4.78, 5) is 15.8. The van der Waals surface area contributed by atoms with Crippen LogP contribution in [0.4, 0.5) is 0 Å². The van der Waals surface area contributed by atoms with Crippen LogP contribution in [-0.4, -0.2) is 26.4 Å². The van der Waals surface area contributed by atoms with Crippen LogP contribution < -0.4 is 5.43 Å². The molecule has 0 bridgehead atoms. The number of fused-ring (bicyclic) bond motifs is 3. The van der Waals surface area contributed by atoms with Crippen LogP contribution in [0.25, 0.3) is 11.1 Å². The van der Waals surface area contributed by atoms with E-state index in [0.717, 1.165) is 28.0 Å². The SMILES string of the molecule is O=C(Cn1cncn1)NN=C1c2ccccc2-c2ccccc21. The summed E-state index contributed by atoms with van der Waals surface area (Å²) in [6.07, 6.45) is 2.88. The van der Waals surface area contributed by atoms with Gasteiger partial charge in [-0.1, -0.05) is 48.5 Å². The van der Waals surface area contributed by atoms with E-state index in [9.17, 15) is 4.79 Å². The summed E-state index contributed by atoms with van der Waals surface area (Å²) in [6.45, 7) is 0.0834. The van der Waals surface area contributed by atoms with Crippen molar-refractivity contribution in [3.63, 3.8) is 0 Å². The molecule has 1 N–H and O–H groups in total. The van der Waals surface area contributed by atoms with E-state index < -0.39 is 0 Å². The van der Waals surface area contributed by atoms with Crippen LogP contribution in [0.5, 0.6) is 0 Å². The van der Waals surface area contributed by atoms with Crippen molar-refractivity contribution in [1.82, 2.24) is 20.2 Å². The lowest BCUT2D eigenvalue weighted by molar-refractivity contribution is -0.121. The fourth-order valence-electron chi connectivity index (χ4n) is 2.73. The van der Waals surface area contributed by atoms with Gasteiger partial charge in [-0.05, 0) is 11.1 Å². The fourth-order valence-corrected chi connectivity index (χ4v) is 2.73. The third-order valence-electron chi connectivity index (χ3n) is 3.72. The predicted molar refractivity (Wildman–Crippen MR) is 85.7 cm³/mol. The Bertz CT molecular complexity index is 851. The van der Waals surface area contributed by atoms with Gasteiger partial charge in [0, 0.05) is 11.1 Å². The molecule has 0 unspecified atom stereocenters. The number of rotatable bonds is 3. The molecule has 2 aromatic carbocycles. The standard InChI is InChI=1S/C17H13N5O/c23-16(9-22-11-18-10-19-22)20-21-17-14-7-3-1-5-12(14)13-6-2-4-8-15(13)17/h1-8,10-11H,9H2,(H,20,23). The second kappa shape index (κ2) is 5.49. The van der Waals surface area contributed by atoms with E-state index in [-0.39, 0.29) is 12.5 Å². The molecule has 6 heteroatoms. The molecule has 1 aromatic heterocycles. The molecule has 4 rings (SSSR count). The zero-order valence-corrected chi connectivity index (χ0v) is 12.2. The van der Waals surface area contributed by atoms with Gasteiger partial charge in [-0.25, -0.2) is 15.1 Å². The third-order valence-corrected chi connectivity index (χ3v) is 3.72. The van der Waals surface area contributed by atoms with E-state index in [4.69, 9.17) is 0 Å². The Morgan fingerprint density at radius 3 is 2.17 bits per heavy atom. The van der Waals surface area contributed by atoms with E-state index in [0.29, 0.717) is 0 Å². The molecule has 0 atom stereocenters. The Balaban J connectivity index is 1.64. The molecule has 23 heavy (non-hydrogen) atoms. The van der Waals surface area contributed by atoms with Crippen LogP contribution in [0.15, 0.2) is 66.3 Å². The molecular formula is C17H13N5O. The molecule has 0 radical (unpaired) electrons. The van der Waals surface area contributed by atoms with E-state index >= 15 is 0 Å². The van der Waals surface area contributed by atoms with Crippen LogP contribution in [0, 0.1) is 0 Å². The van der Waals surface area contributed by atoms with Gasteiger partial charge in [-0.2, -0.15) is 10.2 Å². The maximum Gasteiger partial charge on any atom is 0.261 e. The number of hydrazone groups is 1. The Morgan fingerprint density at radius 2 is 1.61 bits per heavy atom. The van der Waals surface area contributed by atoms with Crippen molar-refractivity contribution < 1.29 is 4.79 Å². The topological polar surface area (TPSA) is 72.2 Å². The van der Waals surface area contributed by atoms with Crippen molar-refractivity contribution in [1.29, 1.82) is 0 Å². The minimum Gasteiger partial charge on any atom is -0.271 e. The summed E-state index contributed by atoms with van der Waals surface area (Å²) in [5, 5.41) is 8.25. The van der Waals surface area contributed by atoms with Gasteiger partial charge in [-0.3, -0.25) is 4.79 Å². The summed E-state index contributed by atoms with van der Waals surface area (Å²) in [6, 6.07) is 16.1. The number of carbonyl (C=O) groups is 1. The van der Waals surface area contributed by atoms with Crippen molar-refractivity contribution in [2.75, 3.05) is 0 Å². The Labute approximate surface area is 132 Å². The van der Waals surface area contributed by atoms with Crippen molar-refractivity contribution in [3.05, 3.63) is 72.3 Å². The van der Waals surface area contributed by atoms with Gasteiger partial charge in [0.2, 0.25) is 0 Å². The number of benzene rings is 2. The molecule has 1 amide bonds. The van der Waals surface area contributed by atoms with Crippen molar-refractivity contribution in [2.45, 2.75) is 6.54 Å². The Hall–Kier alpha value is -3.28. The number of nitrogens with one attached hydrogen (secondary N) is 1. The smallest absolute Gasteiger partial charge is 0.261 e.